The number of hydrazine groups is 1. The highest BCUT2D eigenvalue weighted by molar-refractivity contribution is 5.18. The van der Waals surface area contributed by atoms with E-state index in [-0.39, 0.29) is 0 Å². The zero-order valence-electron chi connectivity index (χ0n) is 13.9. The maximum Gasteiger partial charge on any atom is 0.0640 e. The van der Waals surface area contributed by atoms with E-state index in [1.165, 1.54) is 31.4 Å². The number of rotatable bonds is 5. The molecule has 21 heavy (non-hydrogen) atoms. The molecule has 3 rings (SSSR count). The molecule has 1 heterocycles. The Balaban J connectivity index is 1.68. The number of hydrogen-bond donors (Lipinski definition) is 2. The molecule has 2 aliphatic rings. The third kappa shape index (κ3) is 2.42. The van der Waals surface area contributed by atoms with Crippen LogP contribution in [0.25, 0.3) is 0 Å². The molecule has 1 unspecified atom stereocenters. The Labute approximate surface area is 128 Å². The van der Waals surface area contributed by atoms with Gasteiger partial charge in [-0.25, -0.2) is 0 Å². The summed E-state index contributed by atoms with van der Waals surface area (Å²) in [6.45, 7) is 9.39. The minimum Gasteiger partial charge on any atom is -0.271 e. The summed E-state index contributed by atoms with van der Waals surface area (Å²) in [5.74, 6) is 6.45. The lowest BCUT2D eigenvalue weighted by Gasteiger charge is -2.17. The Morgan fingerprint density at radius 3 is 2.43 bits per heavy atom. The summed E-state index contributed by atoms with van der Waals surface area (Å²) < 4.78 is 2.18. The topological polar surface area (TPSA) is 55.9 Å². The monoisotopic (exact) mass is 290 g/mol. The molecule has 0 aliphatic heterocycles. The van der Waals surface area contributed by atoms with Gasteiger partial charge in [-0.2, -0.15) is 5.10 Å². The van der Waals surface area contributed by atoms with Crippen LogP contribution in [0.15, 0.2) is 12.3 Å². The van der Waals surface area contributed by atoms with E-state index in [4.69, 9.17) is 10.9 Å². The lowest BCUT2D eigenvalue weighted by atomic mass is 10.0. The number of aromatic nitrogens is 2. The van der Waals surface area contributed by atoms with Crippen LogP contribution in [0.1, 0.15) is 65.1 Å². The predicted octanol–water partition coefficient (Wildman–Crippen LogP) is 3.05. The molecule has 118 valence electrons. The first-order chi connectivity index (χ1) is 9.88. The summed E-state index contributed by atoms with van der Waals surface area (Å²) in [7, 11) is 0. The third-order valence-corrected chi connectivity index (χ3v) is 6.54. The Morgan fingerprint density at radius 2 is 1.90 bits per heavy atom. The van der Waals surface area contributed by atoms with Crippen LogP contribution in [0.5, 0.6) is 0 Å². The van der Waals surface area contributed by atoms with E-state index in [0.29, 0.717) is 28.8 Å². The highest BCUT2D eigenvalue weighted by Gasteiger charge is 2.66. The van der Waals surface area contributed by atoms with Gasteiger partial charge in [0, 0.05) is 18.7 Å². The lowest BCUT2D eigenvalue weighted by Crippen LogP contribution is -2.40. The van der Waals surface area contributed by atoms with E-state index in [1.54, 1.807) is 0 Å². The van der Waals surface area contributed by atoms with Gasteiger partial charge in [-0.3, -0.25) is 16.0 Å². The fraction of sp³-hybridized carbons (Fsp3) is 0.824. The Kier molecular flexibility index (Phi) is 3.65. The Bertz CT molecular complexity index is 483. The summed E-state index contributed by atoms with van der Waals surface area (Å²) >= 11 is 0. The van der Waals surface area contributed by atoms with E-state index in [1.807, 2.05) is 0 Å². The molecule has 0 spiro atoms. The average Bonchev–Trinajstić information content (AvgIpc) is 2.95. The quantitative estimate of drug-likeness (QED) is 0.647. The maximum atomic E-state index is 5.85. The van der Waals surface area contributed by atoms with Crippen LogP contribution >= 0.6 is 0 Å². The van der Waals surface area contributed by atoms with Crippen molar-refractivity contribution in [1.82, 2.24) is 15.2 Å². The van der Waals surface area contributed by atoms with Gasteiger partial charge in [0.1, 0.15) is 0 Å². The molecule has 0 amide bonds. The van der Waals surface area contributed by atoms with Crippen LogP contribution in [0.3, 0.4) is 0 Å². The predicted molar refractivity (Wildman–Crippen MR) is 85.6 cm³/mol. The molecule has 0 bridgehead atoms. The molecule has 0 saturated heterocycles. The summed E-state index contributed by atoms with van der Waals surface area (Å²) in [4.78, 5) is 0. The fourth-order valence-electron chi connectivity index (χ4n) is 4.61. The molecule has 0 aromatic carbocycles. The van der Waals surface area contributed by atoms with Crippen molar-refractivity contribution in [1.29, 1.82) is 0 Å². The molecule has 4 heteroatoms. The van der Waals surface area contributed by atoms with Crippen molar-refractivity contribution in [3.63, 3.8) is 0 Å². The minimum absolute atomic E-state index is 0.307. The van der Waals surface area contributed by atoms with Gasteiger partial charge in [-0.1, -0.05) is 40.5 Å². The summed E-state index contributed by atoms with van der Waals surface area (Å²) in [6, 6.07) is 3.10. The van der Waals surface area contributed by atoms with Crippen molar-refractivity contribution in [2.24, 2.45) is 22.6 Å². The molecule has 3 N–H and O–H groups in total. The maximum absolute atomic E-state index is 5.85. The molecule has 1 aromatic rings. The fourth-order valence-corrected chi connectivity index (χ4v) is 4.61. The van der Waals surface area contributed by atoms with Crippen molar-refractivity contribution in [2.75, 3.05) is 0 Å². The standard InChI is InChI=1S/C17H30N4/c1-16(2)15(17(16,3)4)14(19-18)11-12-9-10-21(20-12)13-7-5-6-8-13/h9-10,13-15,19H,5-8,11,18H2,1-4H3. The van der Waals surface area contributed by atoms with Gasteiger partial charge >= 0.3 is 0 Å². The van der Waals surface area contributed by atoms with Crippen molar-refractivity contribution >= 4 is 0 Å². The number of nitrogens with zero attached hydrogens (tertiary/aromatic N) is 2. The molecule has 0 radical (unpaired) electrons. The van der Waals surface area contributed by atoms with Crippen molar-refractivity contribution in [2.45, 2.75) is 71.9 Å². The minimum atomic E-state index is 0.307. The highest BCUT2D eigenvalue weighted by atomic mass is 15.3. The molecule has 2 aliphatic carbocycles. The lowest BCUT2D eigenvalue weighted by molar-refractivity contribution is 0.394. The molecule has 1 aromatic heterocycles. The van der Waals surface area contributed by atoms with Gasteiger partial charge < -0.3 is 0 Å². The van der Waals surface area contributed by atoms with Gasteiger partial charge in [-0.15, -0.1) is 0 Å². The van der Waals surface area contributed by atoms with Crippen LogP contribution in [-0.4, -0.2) is 15.8 Å². The van der Waals surface area contributed by atoms with E-state index in [0.717, 1.165) is 6.42 Å². The second-order valence-electron chi connectivity index (χ2n) is 8.12. The molecule has 4 nitrogen and oxygen atoms in total. The van der Waals surface area contributed by atoms with E-state index in [2.05, 4.69) is 50.1 Å². The first-order valence-corrected chi connectivity index (χ1v) is 8.38. The van der Waals surface area contributed by atoms with Gasteiger partial charge in [-0.05, 0) is 35.7 Å². The van der Waals surface area contributed by atoms with E-state index in [9.17, 15) is 0 Å². The number of nitrogens with two attached hydrogens (primary N) is 1. The normalized spacial score (nSPS) is 26.1. The Morgan fingerprint density at radius 1 is 1.29 bits per heavy atom. The van der Waals surface area contributed by atoms with E-state index < -0.39 is 0 Å². The van der Waals surface area contributed by atoms with Gasteiger partial charge in [0.05, 0.1) is 11.7 Å². The largest absolute Gasteiger partial charge is 0.271 e. The van der Waals surface area contributed by atoms with Crippen LogP contribution in [0.2, 0.25) is 0 Å². The van der Waals surface area contributed by atoms with Gasteiger partial charge in [0.2, 0.25) is 0 Å². The van der Waals surface area contributed by atoms with Crippen molar-refractivity contribution < 1.29 is 0 Å². The summed E-state index contributed by atoms with van der Waals surface area (Å²) in [5.41, 5.74) is 4.91. The smallest absolute Gasteiger partial charge is 0.0640 e. The Hall–Kier alpha value is -0.870. The van der Waals surface area contributed by atoms with E-state index >= 15 is 0 Å². The first kappa shape index (κ1) is 15.0. The van der Waals surface area contributed by atoms with Crippen LogP contribution in [-0.2, 0) is 6.42 Å². The molecule has 2 saturated carbocycles. The van der Waals surface area contributed by atoms with Gasteiger partial charge in [0.15, 0.2) is 0 Å². The molecule has 1 atom stereocenters. The third-order valence-electron chi connectivity index (χ3n) is 6.54. The molecular formula is C17H30N4. The zero-order valence-corrected chi connectivity index (χ0v) is 13.9. The second kappa shape index (κ2) is 5.10. The van der Waals surface area contributed by atoms with Crippen molar-refractivity contribution in [3.8, 4) is 0 Å². The van der Waals surface area contributed by atoms with Crippen LogP contribution in [0.4, 0.5) is 0 Å². The highest BCUT2D eigenvalue weighted by Crippen LogP contribution is 2.69. The van der Waals surface area contributed by atoms with Crippen molar-refractivity contribution in [3.05, 3.63) is 18.0 Å². The molecule has 2 fully saturated rings. The summed E-state index contributed by atoms with van der Waals surface area (Å²) in [5, 5.41) is 4.81. The van der Waals surface area contributed by atoms with Crippen LogP contribution < -0.4 is 11.3 Å². The second-order valence-corrected chi connectivity index (χ2v) is 8.12. The summed E-state index contributed by atoms with van der Waals surface area (Å²) in [6.07, 6.45) is 8.33. The average molecular weight is 290 g/mol. The number of hydrogen-bond acceptors (Lipinski definition) is 3. The number of nitrogens with one attached hydrogen (secondary N) is 1. The van der Waals surface area contributed by atoms with Crippen LogP contribution in [0, 0.1) is 16.7 Å². The zero-order chi connectivity index (χ0) is 15.3. The van der Waals surface area contributed by atoms with Gasteiger partial charge in [0.25, 0.3) is 0 Å². The SMILES string of the molecule is CC1(C)C(C(Cc2ccn(C3CCCC3)n2)NN)C1(C)C. The first-order valence-electron chi connectivity index (χ1n) is 8.38. The molecular weight excluding hydrogens is 260 g/mol.